The highest BCUT2D eigenvalue weighted by molar-refractivity contribution is 7.88. The van der Waals surface area contributed by atoms with Gasteiger partial charge in [-0.3, -0.25) is 9.78 Å². The van der Waals surface area contributed by atoms with Crippen molar-refractivity contribution in [2.75, 3.05) is 18.1 Å². The van der Waals surface area contributed by atoms with E-state index in [9.17, 15) is 13.2 Å². The summed E-state index contributed by atoms with van der Waals surface area (Å²) in [5.74, 6) is -0.238. The van der Waals surface area contributed by atoms with Crippen molar-refractivity contribution in [2.45, 2.75) is 26.3 Å². The highest BCUT2D eigenvalue weighted by Crippen LogP contribution is 2.20. The molecule has 2 rings (SSSR count). The van der Waals surface area contributed by atoms with E-state index in [4.69, 9.17) is 0 Å². The SMILES string of the molecule is CC(C)N(CCC(=O)Nc1cccc2cccnc12)S(C)(=O)=O. The summed E-state index contributed by atoms with van der Waals surface area (Å²) in [6, 6.07) is 9.11. The lowest BCUT2D eigenvalue weighted by atomic mass is 10.2. The third-order valence-electron chi connectivity index (χ3n) is 3.47. The van der Waals surface area contributed by atoms with Crippen molar-refractivity contribution < 1.29 is 13.2 Å². The number of carbonyl (C=O) groups is 1. The van der Waals surface area contributed by atoms with Crippen molar-refractivity contribution in [2.24, 2.45) is 0 Å². The summed E-state index contributed by atoms with van der Waals surface area (Å²) in [5, 5.41) is 3.74. The second kappa shape index (κ2) is 7.06. The number of anilines is 1. The summed E-state index contributed by atoms with van der Waals surface area (Å²) in [4.78, 5) is 16.4. The van der Waals surface area contributed by atoms with Crippen LogP contribution in [0.4, 0.5) is 5.69 Å². The fourth-order valence-electron chi connectivity index (χ4n) is 2.44. The third kappa shape index (κ3) is 4.49. The van der Waals surface area contributed by atoms with E-state index >= 15 is 0 Å². The number of carbonyl (C=O) groups excluding carboxylic acids is 1. The van der Waals surface area contributed by atoms with Gasteiger partial charge in [-0.05, 0) is 26.0 Å². The molecular formula is C16H21N3O3S. The Morgan fingerprint density at radius 3 is 2.61 bits per heavy atom. The van der Waals surface area contributed by atoms with E-state index in [0.29, 0.717) is 11.2 Å². The van der Waals surface area contributed by atoms with Crippen LogP contribution in [0.1, 0.15) is 20.3 Å². The molecule has 1 aromatic heterocycles. The van der Waals surface area contributed by atoms with Gasteiger partial charge in [0, 0.05) is 30.6 Å². The number of para-hydroxylation sites is 1. The number of amides is 1. The second-order valence-corrected chi connectivity index (χ2v) is 7.58. The molecule has 6 nitrogen and oxygen atoms in total. The van der Waals surface area contributed by atoms with Crippen LogP contribution < -0.4 is 5.32 Å². The van der Waals surface area contributed by atoms with Crippen molar-refractivity contribution in [3.05, 3.63) is 36.5 Å². The first kappa shape index (κ1) is 17.4. The van der Waals surface area contributed by atoms with Gasteiger partial charge in [-0.25, -0.2) is 8.42 Å². The number of pyridine rings is 1. The van der Waals surface area contributed by atoms with E-state index in [1.54, 1.807) is 26.1 Å². The van der Waals surface area contributed by atoms with Crippen molar-refractivity contribution in [3.63, 3.8) is 0 Å². The van der Waals surface area contributed by atoms with Gasteiger partial charge in [0.2, 0.25) is 15.9 Å². The first-order valence-corrected chi connectivity index (χ1v) is 9.24. The van der Waals surface area contributed by atoms with Gasteiger partial charge in [0.05, 0.1) is 17.5 Å². The number of sulfonamides is 1. The first-order valence-electron chi connectivity index (χ1n) is 7.39. The largest absolute Gasteiger partial charge is 0.324 e. The summed E-state index contributed by atoms with van der Waals surface area (Å²) in [7, 11) is -3.33. The van der Waals surface area contributed by atoms with Crippen LogP contribution in [0, 0.1) is 0 Å². The molecule has 7 heteroatoms. The minimum absolute atomic E-state index is 0.0917. The molecule has 0 fully saturated rings. The van der Waals surface area contributed by atoms with Crippen molar-refractivity contribution in [3.8, 4) is 0 Å². The second-order valence-electron chi connectivity index (χ2n) is 5.65. The lowest BCUT2D eigenvalue weighted by molar-refractivity contribution is -0.116. The number of rotatable bonds is 6. The predicted octanol–water partition coefficient (Wildman–Crippen LogP) is 2.23. The molecule has 0 saturated heterocycles. The highest BCUT2D eigenvalue weighted by Gasteiger charge is 2.21. The summed E-state index contributed by atoms with van der Waals surface area (Å²) in [6.07, 6.45) is 2.91. The molecule has 0 saturated carbocycles. The Labute approximate surface area is 136 Å². The Balaban J connectivity index is 2.07. The lowest BCUT2D eigenvalue weighted by Crippen LogP contribution is -2.38. The van der Waals surface area contributed by atoms with Crippen LogP contribution in [0.2, 0.25) is 0 Å². The Morgan fingerprint density at radius 2 is 1.96 bits per heavy atom. The molecule has 0 aliphatic carbocycles. The van der Waals surface area contributed by atoms with E-state index in [2.05, 4.69) is 10.3 Å². The molecule has 1 aromatic carbocycles. The number of hydrogen-bond acceptors (Lipinski definition) is 4. The third-order valence-corrected chi connectivity index (χ3v) is 4.92. The van der Waals surface area contributed by atoms with Crippen LogP contribution in [0.15, 0.2) is 36.5 Å². The molecule has 124 valence electrons. The Kier molecular flexibility index (Phi) is 5.33. The summed E-state index contributed by atoms with van der Waals surface area (Å²) in [6.45, 7) is 3.72. The number of nitrogens with one attached hydrogen (secondary N) is 1. The summed E-state index contributed by atoms with van der Waals surface area (Å²) < 4.78 is 24.7. The number of fused-ring (bicyclic) bond motifs is 1. The highest BCUT2D eigenvalue weighted by atomic mass is 32.2. The number of hydrogen-bond donors (Lipinski definition) is 1. The molecule has 0 atom stereocenters. The van der Waals surface area contributed by atoms with Crippen LogP contribution in [0.5, 0.6) is 0 Å². The molecule has 1 N–H and O–H groups in total. The Morgan fingerprint density at radius 1 is 1.26 bits per heavy atom. The van der Waals surface area contributed by atoms with Gasteiger partial charge in [-0.1, -0.05) is 18.2 Å². The van der Waals surface area contributed by atoms with Gasteiger partial charge < -0.3 is 5.32 Å². The minimum atomic E-state index is -3.33. The molecule has 0 spiro atoms. The van der Waals surface area contributed by atoms with Gasteiger partial charge in [-0.15, -0.1) is 0 Å². The average molecular weight is 335 g/mol. The van der Waals surface area contributed by atoms with Gasteiger partial charge in [0.25, 0.3) is 0 Å². The summed E-state index contributed by atoms with van der Waals surface area (Å²) >= 11 is 0. The molecular weight excluding hydrogens is 314 g/mol. The van der Waals surface area contributed by atoms with E-state index in [1.807, 2.05) is 24.3 Å². The zero-order valence-electron chi connectivity index (χ0n) is 13.5. The van der Waals surface area contributed by atoms with Gasteiger partial charge in [0.1, 0.15) is 0 Å². The molecule has 0 unspecified atom stereocenters. The number of nitrogens with zero attached hydrogens (tertiary/aromatic N) is 2. The van der Waals surface area contributed by atoms with Crippen LogP contribution in [0.3, 0.4) is 0 Å². The van der Waals surface area contributed by atoms with E-state index in [1.165, 1.54) is 4.31 Å². The maximum atomic E-state index is 12.1. The molecule has 2 aromatic rings. The number of aromatic nitrogens is 1. The quantitative estimate of drug-likeness (QED) is 0.878. The Hall–Kier alpha value is -1.99. The fraction of sp³-hybridized carbons (Fsp3) is 0.375. The van der Waals surface area contributed by atoms with Crippen molar-refractivity contribution in [1.29, 1.82) is 0 Å². The van der Waals surface area contributed by atoms with E-state index in [0.717, 1.165) is 11.6 Å². The smallest absolute Gasteiger partial charge is 0.225 e. The minimum Gasteiger partial charge on any atom is -0.324 e. The molecule has 0 radical (unpaired) electrons. The maximum Gasteiger partial charge on any atom is 0.225 e. The number of benzene rings is 1. The topological polar surface area (TPSA) is 79.4 Å². The van der Waals surface area contributed by atoms with Gasteiger partial charge in [-0.2, -0.15) is 4.31 Å². The van der Waals surface area contributed by atoms with Crippen LogP contribution in [-0.4, -0.2) is 42.5 Å². The van der Waals surface area contributed by atoms with E-state index in [-0.39, 0.29) is 24.9 Å². The summed E-state index contributed by atoms with van der Waals surface area (Å²) in [5.41, 5.74) is 1.34. The zero-order chi connectivity index (χ0) is 17.0. The molecule has 1 amide bonds. The average Bonchev–Trinajstić information content (AvgIpc) is 2.46. The van der Waals surface area contributed by atoms with Crippen LogP contribution in [0.25, 0.3) is 10.9 Å². The van der Waals surface area contributed by atoms with E-state index < -0.39 is 10.0 Å². The van der Waals surface area contributed by atoms with Crippen molar-refractivity contribution >= 4 is 32.5 Å². The zero-order valence-corrected chi connectivity index (χ0v) is 14.3. The van der Waals surface area contributed by atoms with Gasteiger partial charge >= 0.3 is 0 Å². The van der Waals surface area contributed by atoms with Gasteiger partial charge in [0.15, 0.2) is 0 Å². The normalized spacial score (nSPS) is 12.0. The van der Waals surface area contributed by atoms with Crippen LogP contribution in [-0.2, 0) is 14.8 Å². The first-order chi connectivity index (χ1) is 10.8. The van der Waals surface area contributed by atoms with Crippen LogP contribution >= 0.6 is 0 Å². The maximum absolute atomic E-state index is 12.1. The molecule has 1 heterocycles. The fourth-order valence-corrected chi connectivity index (χ4v) is 3.63. The lowest BCUT2D eigenvalue weighted by Gasteiger charge is -2.23. The molecule has 23 heavy (non-hydrogen) atoms. The molecule has 0 aliphatic rings. The Bertz CT molecular complexity index is 798. The molecule has 0 aliphatic heterocycles. The predicted molar refractivity (Wildman–Crippen MR) is 91.7 cm³/mol. The standard InChI is InChI=1S/C16H21N3O3S/c1-12(2)19(23(3,21)22)11-9-15(20)18-14-8-4-6-13-7-5-10-17-16(13)14/h4-8,10,12H,9,11H2,1-3H3,(H,18,20). The van der Waals surface area contributed by atoms with Crippen molar-refractivity contribution in [1.82, 2.24) is 9.29 Å². The molecule has 0 bridgehead atoms. The monoisotopic (exact) mass is 335 g/mol.